The van der Waals surface area contributed by atoms with E-state index in [9.17, 15) is 13.6 Å². The van der Waals surface area contributed by atoms with E-state index in [4.69, 9.17) is 21.4 Å². The molecule has 20 heavy (non-hydrogen) atoms. The third-order valence-corrected chi connectivity index (χ3v) is 3.61. The number of aliphatic carboxylic acids is 1. The Hall–Kier alpha value is -1.62. The van der Waals surface area contributed by atoms with Crippen LogP contribution in [0.25, 0.3) is 6.08 Å². The van der Waals surface area contributed by atoms with Gasteiger partial charge in [0.1, 0.15) is 5.75 Å². The maximum absolute atomic E-state index is 13.6. The highest BCUT2D eigenvalue weighted by Crippen LogP contribution is 2.42. The number of fused-ring (bicyclic) bond motifs is 1. The molecule has 0 aliphatic carbocycles. The van der Waals surface area contributed by atoms with Crippen molar-refractivity contribution in [3.8, 4) is 5.75 Å². The predicted molar refractivity (Wildman–Crippen MR) is 71.6 cm³/mol. The molecule has 0 saturated carbocycles. The second-order valence-electron chi connectivity index (χ2n) is 4.90. The summed E-state index contributed by atoms with van der Waals surface area (Å²) in [7, 11) is 0. The van der Waals surface area contributed by atoms with Gasteiger partial charge in [0, 0.05) is 12.5 Å². The maximum atomic E-state index is 13.6. The van der Waals surface area contributed by atoms with E-state index < -0.39 is 23.6 Å². The number of carboxylic acid groups (broad SMARTS) is 1. The van der Waals surface area contributed by atoms with E-state index in [0.717, 1.165) is 11.1 Å². The molecule has 1 N–H and O–H groups in total. The Morgan fingerprint density at radius 2 is 2.05 bits per heavy atom. The van der Waals surface area contributed by atoms with E-state index in [0.29, 0.717) is 12.5 Å². The first-order valence-electron chi connectivity index (χ1n) is 5.92. The quantitative estimate of drug-likeness (QED) is 0.903. The summed E-state index contributed by atoms with van der Waals surface area (Å²) in [4.78, 5) is 11.2. The maximum Gasteiger partial charge on any atom is 0.335 e. The molecule has 0 radical (unpaired) electrons. The summed E-state index contributed by atoms with van der Waals surface area (Å²) in [5.41, 5.74) is 1.55. The second-order valence-corrected chi connectivity index (χ2v) is 5.31. The van der Waals surface area contributed by atoms with Crippen LogP contribution in [0, 0.1) is 13.8 Å². The van der Waals surface area contributed by atoms with E-state index in [1.807, 2.05) is 0 Å². The molecule has 1 atom stereocenters. The predicted octanol–water partition coefficient (Wildman–Crippen LogP) is 3.84. The normalized spacial score (nSPS) is 18.1. The Kier molecular flexibility index (Phi) is 3.50. The molecule has 1 unspecified atom stereocenters. The van der Waals surface area contributed by atoms with Crippen LogP contribution in [0.15, 0.2) is 11.6 Å². The third-order valence-electron chi connectivity index (χ3n) is 3.33. The van der Waals surface area contributed by atoms with Crippen molar-refractivity contribution < 1.29 is 23.4 Å². The number of carbonyl (C=O) groups is 1. The van der Waals surface area contributed by atoms with Crippen molar-refractivity contribution in [1.29, 1.82) is 0 Å². The number of aryl methyl sites for hydroxylation is 1. The number of ether oxygens (including phenoxy) is 1. The van der Waals surface area contributed by atoms with Crippen LogP contribution in [-0.2, 0) is 4.79 Å². The minimum atomic E-state index is -3.33. The van der Waals surface area contributed by atoms with Crippen LogP contribution in [0.4, 0.5) is 8.78 Å². The van der Waals surface area contributed by atoms with Crippen molar-refractivity contribution in [2.24, 2.45) is 0 Å². The standard InChI is InChI=1S/C14H13ClF2O3/c1-6-4-10(15)11-8(7(6)2)5-9(13(18)19)12(20-11)14(3,16)17/h4-5,12H,1-3H3,(H,18,19). The Morgan fingerprint density at radius 3 is 2.55 bits per heavy atom. The van der Waals surface area contributed by atoms with Gasteiger partial charge in [-0.1, -0.05) is 11.6 Å². The zero-order valence-electron chi connectivity index (χ0n) is 11.1. The summed E-state index contributed by atoms with van der Waals surface area (Å²) in [5, 5.41) is 9.31. The Labute approximate surface area is 119 Å². The van der Waals surface area contributed by atoms with Gasteiger partial charge in [-0.2, -0.15) is 0 Å². The third kappa shape index (κ3) is 2.38. The van der Waals surface area contributed by atoms with Gasteiger partial charge in [0.2, 0.25) is 0 Å². The number of halogens is 3. The summed E-state index contributed by atoms with van der Waals surface area (Å²) >= 11 is 6.02. The molecule has 1 aromatic carbocycles. The van der Waals surface area contributed by atoms with Gasteiger partial charge in [-0.25, -0.2) is 13.6 Å². The molecule has 6 heteroatoms. The number of alkyl halides is 2. The summed E-state index contributed by atoms with van der Waals surface area (Å²) in [6, 6.07) is 1.61. The van der Waals surface area contributed by atoms with Crippen LogP contribution in [0.5, 0.6) is 5.75 Å². The molecular weight excluding hydrogens is 290 g/mol. The molecule has 108 valence electrons. The smallest absolute Gasteiger partial charge is 0.335 e. The molecule has 0 fully saturated rings. The average molecular weight is 303 g/mol. The van der Waals surface area contributed by atoms with Gasteiger partial charge < -0.3 is 9.84 Å². The summed E-state index contributed by atoms with van der Waals surface area (Å²) in [6.07, 6.45) is -0.635. The first-order valence-corrected chi connectivity index (χ1v) is 6.29. The molecular formula is C14H13ClF2O3. The van der Waals surface area contributed by atoms with Crippen molar-refractivity contribution in [2.45, 2.75) is 32.8 Å². The lowest BCUT2D eigenvalue weighted by molar-refractivity contribution is -0.137. The fourth-order valence-electron chi connectivity index (χ4n) is 2.13. The van der Waals surface area contributed by atoms with Gasteiger partial charge in [-0.05, 0) is 37.1 Å². The fraction of sp³-hybridized carbons (Fsp3) is 0.357. The number of benzene rings is 1. The van der Waals surface area contributed by atoms with Crippen molar-refractivity contribution in [2.75, 3.05) is 0 Å². The highest BCUT2D eigenvalue weighted by atomic mass is 35.5. The van der Waals surface area contributed by atoms with Gasteiger partial charge in [0.05, 0.1) is 10.6 Å². The Bertz CT molecular complexity index is 618. The van der Waals surface area contributed by atoms with Crippen molar-refractivity contribution >= 4 is 23.6 Å². The number of hydrogen-bond donors (Lipinski definition) is 1. The molecule has 1 aliphatic heterocycles. The van der Waals surface area contributed by atoms with Crippen LogP contribution in [-0.4, -0.2) is 23.1 Å². The Balaban J connectivity index is 2.69. The Morgan fingerprint density at radius 1 is 1.45 bits per heavy atom. The van der Waals surface area contributed by atoms with E-state index in [1.165, 1.54) is 6.08 Å². The zero-order chi connectivity index (χ0) is 15.2. The van der Waals surface area contributed by atoms with E-state index in [2.05, 4.69) is 0 Å². The molecule has 0 amide bonds. The van der Waals surface area contributed by atoms with Gasteiger partial charge in [-0.3, -0.25) is 0 Å². The number of carboxylic acids is 1. The van der Waals surface area contributed by atoms with Crippen LogP contribution in [0.2, 0.25) is 5.02 Å². The van der Waals surface area contributed by atoms with Crippen molar-refractivity contribution in [3.05, 3.63) is 33.4 Å². The van der Waals surface area contributed by atoms with Crippen LogP contribution >= 0.6 is 11.6 Å². The molecule has 0 bridgehead atoms. The molecule has 0 saturated heterocycles. The molecule has 1 heterocycles. The number of rotatable bonds is 2. The molecule has 1 aliphatic rings. The van der Waals surface area contributed by atoms with Crippen LogP contribution in [0.3, 0.4) is 0 Å². The highest BCUT2D eigenvalue weighted by molar-refractivity contribution is 6.32. The monoisotopic (exact) mass is 302 g/mol. The van der Waals surface area contributed by atoms with E-state index >= 15 is 0 Å². The summed E-state index contributed by atoms with van der Waals surface area (Å²) in [6.45, 7) is 4.18. The van der Waals surface area contributed by atoms with Gasteiger partial charge in [0.15, 0.2) is 6.10 Å². The molecule has 2 rings (SSSR count). The lowest BCUT2D eigenvalue weighted by atomic mass is 9.93. The molecule has 3 nitrogen and oxygen atoms in total. The summed E-state index contributed by atoms with van der Waals surface area (Å²) < 4.78 is 32.3. The SMILES string of the molecule is Cc1cc(Cl)c2c(c1C)C=C(C(=O)O)C(C(C)(F)F)O2. The second kappa shape index (κ2) is 4.74. The van der Waals surface area contributed by atoms with Gasteiger partial charge in [0.25, 0.3) is 5.92 Å². The lowest BCUT2D eigenvalue weighted by Crippen LogP contribution is -2.41. The van der Waals surface area contributed by atoms with Gasteiger partial charge in [-0.15, -0.1) is 0 Å². The average Bonchev–Trinajstić information content (AvgIpc) is 2.33. The van der Waals surface area contributed by atoms with Crippen molar-refractivity contribution in [1.82, 2.24) is 0 Å². The van der Waals surface area contributed by atoms with Crippen LogP contribution < -0.4 is 4.74 Å². The topological polar surface area (TPSA) is 46.5 Å². The molecule has 0 spiro atoms. The zero-order valence-corrected chi connectivity index (χ0v) is 11.9. The highest BCUT2D eigenvalue weighted by Gasteiger charge is 2.44. The van der Waals surface area contributed by atoms with Crippen molar-refractivity contribution in [3.63, 3.8) is 0 Å². The lowest BCUT2D eigenvalue weighted by Gasteiger charge is -2.30. The minimum Gasteiger partial charge on any atom is -0.478 e. The molecule has 0 aromatic heterocycles. The largest absolute Gasteiger partial charge is 0.478 e. The van der Waals surface area contributed by atoms with Gasteiger partial charge >= 0.3 is 5.97 Å². The van der Waals surface area contributed by atoms with E-state index in [1.54, 1.807) is 19.9 Å². The van der Waals surface area contributed by atoms with Crippen LogP contribution in [0.1, 0.15) is 23.6 Å². The molecule has 1 aromatic rings. The summed E-state index contributed by atoms with van der Waals surface area (Å²) in [5.74, 6) is -4.66. The first kappa shape index (κ1) is 14.8. The minimum absolute atomic E-state index is 0.103. The van der Waals surface area contributed by atoms with E-state index in [-0.39, 0.29) is 10.8 Å². The first-order chi connectivity index (χ1) is 9.12. The number of hydrogen-bond acceptors (Lipinski definition) is 2. The fourth-order valence-corrected chi connectivity index (χ4v) is 2.44.